The molecule has 2 N–H and O–H groups in total. The van der Waals surface area contributed by atoms with Crippen LogP contribution in [0.5, 0.6) is 0 Å². The van der Waals surface area contributed by atoms with Gasteiger partial charge in [-0.15, -0.1) is 0 Å². The summed E-state index contributed by atoms with van der Waals surface area (Å²) in [5, 5.41) is 14.1. The Bertz CT molecular complexity index is 839. The van der Waals surface area contributed by atoms with Crippen molar-refractivity contribution in [2.75, 3.05) is 6.61 Å². The third-order valence-electron chi connectivity index (χ3n) is 12.8. The molecule has 0 aromatic rings. The maximum absolute atomic E-state index is 14.0. The molecule has 4 heteroatoms. The van der Waals surface area contributed by atoms with E-state index in [0.29, 0.717) is 47.0 Å². The van der Waals surface area contributed by atoms with Crippen molar-refractivity contribution in [1.82, 2.24) is 5.32 Å². The predicted molar refractivity (Wildman–Crippen MR) is 145 cm³/mol. The van der Waals surface area contributed by atoms with E-state index in [9.17, 15) is 9.90 Å². The van der Waals surface area contributed by atoms with Gasteiger partial charge in [-0.05, 0) is 138 Å². The van der Waals surface area contributed by atoms with Crippen molar-refractivity contribution in [1.29, 1.82) is 0 Å². The lowest BCUT2D eigenvalue weighted by Crippen LogP contribution is -2.62. The van der Waals surface area contributed by atoms with Crippen LogP contribution in [0.3, 0.4) is 0 Å². The number of carbonyl (C=O) groups excluding carboxylic acids is 1. The van der Waals surface area contributed by atoms with Crippen LogP contribution in [0.4, 0.5) is 0 Å². The molecular formula is C32H55NO3. The second-order valence-electron chi connectivity index (χ2n) is 15.4. The van der Waals surface area contributed by atoms with Gasteiger partial charge in [-0.2, -0.15) is 0 Å². The number of fused-ring (bicyclic) bond motifs is 7. The largest absolute Gasteiger partial charge is 0.393 e. The molecule has 0 bridgehead atoms. The average molecular weight is 502 g/mol. The van der Waals surface area contributed by atoms with Crippen molar-refractivity contribution in [3.8, 4) is 0 Å². The first-order valence-electron chi connectivity index (χ1n) is 15.5. The summed E-state index contributed by atoms with van der Waals surface area (Å²) in [6.45, 7) is 16.5. The lowest BCUT2D eigenvalue weighted by molar-refractivity contribution is -0.196. The van der Waals surface area contributed by atoms with Gasteiger partial charge in [0, 0.05) is 0 Å². The summed E-state index contributed by atoms with van der Waals surface area (Å²) in [6, 6.07) is 0. The lowest BCUT2D eigenvalue weighted by Gasteiger charge is -2.67. The van der Waals surface area contributed by atoms with Crippen LogP contribution in [-0.4, -0.2) is 35.4 Å². The maximum atomic E-state index is 14.0. The highest BCUT2D eigenvalue weighted by Gasteiger charge is 2.65. The number of aliphatic hydroxyl groups is 1. The van der Waals surface area contributed by atoms with Crippen molar-refractivity contribution < 1.29 is 14.6 Å². The molecule has 36 heavy (non-hydrogen) atoms. The van der Waals surface area contributed by atoms with E-state index in [1.807, 2.05) is 0 Å². The van der Waals surface area contributed by atoms with Gasteiger partial charge in [0.15, 0.2) is 0 Å². The molecule has 6 unspecified atom stereocenters. The summed E-state index contributed by atoms with van der Waals surface area (Å²) in [4.78, 5) is 14.0. The number of hydrogen-bond donors (Lipinski definition) is 2. The van der Waals surface area contributed by atoms with Gasteiger partial charge >= 0.3 is 0 Å². The Kier molecular flexibility index (Phi) is 6.93. The smallest absolute Gasteiger partial charge is 0.226 e. The van der Waals surface area contributed by atoms with Crippen LogP contribution >= 0.6 is 0 Å². The van der Waals surface area contributed by atoms with E-state index in [0.717, 1.165) is 31.1 Å². The minimum absolute atomic E-state index is 0.105. The van der Waals surface area contributed by atoms with Crippen LogP contribution in [-0.2, 0) is 9.53 Å². The first-order chi connectivity index (χ1) is 16.8. The zero-order valence-corrected chi connectivity index (χ0v) is 24.4. The highest BCUT2D eigenvalue weighted by molar-refractivity contribution is 5.84. The number of amides is 1. The number of nitrogens with one attached hydrogen (secondary N) is 1. The summed E-state index contributed by atoms with van der Waals surface area (Å²) in [5.41, 5.74) is 0.271. The normalized spacial score (nSPS) is 48.5. The number of hydrogen-bond acceptors (Lipinski definition) is 3. The molecule has 5 aliphatic carbocycles. The van der Waals surface area contributed by atoms with E-state index < -0.39 is 0 Å². The van der Waals surface area contributed by atoms with Crippen LogP contribution in [0.2, 0.25) is 0 Å². The van der Waals surface area contributed by atoms with Crippen molar-refractivity contribution in [3.05, 3.63) is 0 Å². The molecule has 0 radical (unpaired) electrons. The first kappa shape index (κ1) is 27.0. The van der Waals surface area contributed by atoms with Crippen molar-refractivity contribution in [2.45, 2.75) is 137 Å². The Balaban J connectivity index is 1.36. The van der Waals surface area contributed by atoms with Crippen molar-refractivity contribution >= 4 is 5.91 Å². The summed E-state index contributed by atoms with van der Waals surface area (Å²) in [7, 11) is 0. The molecule has 5 aliphatic rings. The van der Waals surface area contributed by atoms with Gasteiger partial charge in [0.2, 0.25) is 5.91 Å². The topological polar surface area (TPSA) is 58.6 Å². The minimum atomic E-state index is -0.334. The monoisotopic (exact) mass is 501 g/mol. The van der Waals surface area contributed by atoms with Gasteiger partial charge < -0.3 is 15.2 Å². The number of aliphatic hydroxyl groups excluding tert-OH is 1. The van der Waals surface area contributed by atoms with Crippen LogP contribution in [0.1, 0.15) is 119 Å². The van der Waals surface area contributed by atoms with Gasteiger partial charge in [-0.1, -0.05) is 27.2 Å². The van der Waals surface area contributed by atoms with Crippen LogP contribution in [0.25, 0.3) is 0 Å². The van der Waals surface area contributed by atoms with Crippen molar-refractivity contribution in [2.24, 2.45) is 51.8 Å². The fraction of sp³-hybridized carbons (Fsp3) is 0.969. The highest BCUT2D eigenvalue weighted by atomic mass is 16.5. The predicted octanol–water partition coefficient (Wildman–Crippen LogP) is 6.74. The van der Waals surface area contributed by atoms with Gasteiger partial charge in [0.05, 0.1) is 29.8 Å². The molecule has 0 aromatic carbocycles. The van der Waals surface area contributed by atoms with Crippen LogP contribution in [0, 0.1) is 51.8 Å². The summed E-state index contributed by atoms with van der Waals surface area (Å²) < 4.78 is 5.90. The number of carbonyl (C=O) groups is 1. The Morgan fingerprint density at radius 3 is 2.33 bits per heavy atom. The van der Waals surface area contributed by atoms with Gasteiger partial charge in [-0.3, -0.25) is 4.79 Å². The molecule has 10 atom stereocenters. The minimum Gasteiger partial charge on any atom is -0.393 e. The molecule has 0 aromatic heterocycles. The third kappa shape index (κ3) is 4.10. The zero-order valence-electron chi connectivity index (χ0n) is 24.4. The number of ether oxygens (including phenoxy) is 1. The second kappa shape index (κ2) is 9.25. The van der Waals surface area contributed by atoms with E-state index >= 15 is 0 Å². The Morgan fingerprint density at radius 1 is 0.944 bits per heavy atom. The molecule has 5 fully saturated rings. The Hall–Kier alpha value is -0.610. The molecule has 1 amide bonds. The first-order valence-corrected chi connectivity index (χ1v) is 15.5. The second-order valence-corrected chi connectivity index (χ2v) is 15.4. The third-order valence-corrected chi connectivity index (χ3v) is 12.8. The highest BCUT2D eigenvalue weighted by Crippen LogP contribution is 2.71. The summed E-state index contributed by atoms with van der Waals surface area (Å²) >= 11 is 0. The van der Waals surface area contributed by atoms with E-state index in [1.54, 1.807) is 0 Å². The zero-order chi connectivity index (χ0) is 26.1. The molecule has 0 spiro atoms. The summed E-state index contributed by atoms with van der Waals surface area (Å²) in [6.07, 6.45) is 13.3. The Morgan fingerprint density at radius 2 is 1.61 bits per heavy atom. The molecule has 4 nitrogen and oxygen atoms in total. The van der Waals surface area contributed by atoms with E-state index in [-0.39, 0.29) is 23.2 Å². The Labute approximate surface area is 221 Å². The fourth-order valence-corrected chi connectivity index (χ4v) is 11.1. The molecular weight excluding hydrogens is 446 g/mol. The fourth-order valence-electron chi connectivity index (χ4n) is 11.1. The number of rotatable bonds is 5. The molecule has 0 aliphatic heterocycles. The van der Waals surface area contributed by atoms with E-state index in [1.165, 1.54) is 51.4 Å². The van der Waals surface area contributed by atoms with E-state index in [2.05, 4.69) is 53.8 Å². The van der Waals surface area contributed by atoms with Crippen LogP contribution in [0.15, 0.2) is 0 Å². The SMILES string of the molecule is CC(C)OCC(C)(C)NC(=O)[C@]12CCCC1C1CCC3C(C)(CCC4[C@@H](C)[C@@H](O)CC[C@@]43C)C1CC2. The molecule has 5 saturated carbocycles. The maximum Gasteiger partial charge on any atom is 0.226 e. The lowest BCUT2D eigenvalue weighted by atomic mass is 9.37. The molecule has 5 rings (SSSR count). The summed E-state index contributed by atoms with van der Waals surface area (Å²) in [5.74, 6) is 4.22. The quantitative estimate of drug-likeness (QED) is 0.438. The standard InChI is InChI=1S/C32H55NO3/c1-20(2)36-19-29(4,5)33-28(35)32-15-8-9-25(32)22-10-11-27-30(6)17-14-26(34)21(3)23(30)12-16-31(27,7)24(22)13-18-32/h20-27,34H,8-19H2,1-7H3,(H,33,35)/t21-,22?,23?,24?,25?,26+,27?,30+,31?,32+/m1/s1. The van der Waals surface area contributed by atoms with Gasteiger partial charge in [-0.25, -0.2) is 0 Å². The van der Waals surface area contributed by atoms with Gasteiger partial charge in [0.1, 0.15) is 0 Å². The van der Waals surface area contributed by atoms with Crippen molar-refractivity contribution in [3.63, 3.8) is 0 Å². The molecule has 0 heterocycles. The van der Waals surface area contributed by atoms with Gasteiger partial charge in [0.25, 0.3) is 0 Å². The van der Waals surface area contributed by atoms with Crippen LogP contribution < -0.4 is 5.32 Å². The van der Waals surface area contributed by atoms with E-state index in [4.69, 9.17) is 4.74 Å². The molecule has 0 saturated heterocycles. The molecule has 206 valence electrons. The average Bonchev–Trinajstić information content (AvgIpc) is 3.26.